The summed E-state index contributed by atoms with van der Waals surface area (Å²) >= 11 is 16.9. The molecule has 2 rings (SSSR count). The Balaban J connectivity index is 1.74. The number of thiocarbonyl (C=S) groups is 1. The highest BCUT2D eigenvalue weighted by atomic mass is 35.5. The molecule has 0 saturated carbocycles. The number of amides is 1. The number of hydrogen-bond acceptors (Lipinski definition) is 3. The number of hydrogen-bond donors (Lipinski definition) is 3. The van der Waals surface area contributed by atoms with E-state index in [2.05, 4.69) is 16.2 Å². The lowest BCUT2D eigenvalue weighted by molar-refractivity contribution is -0.116. The van der Waals surface area contributed by atoms with Gasteiger partial charge >= 0.3 is 0 Å². The van der Waals surface area contributed by atoms with Gasteiger partial charge in [0.2, 0.25) is 0 Å². The molecule has 0 aliphatic rings. The standard InChI is InChI=1S/C18H17Cl2N3O2S/c1-25-14-6-2-13(3-7-14)11-21-18(26)23-22-17(24)9-5-12-4-8-15(19)16(20)10-12/h2-10H,11H2,1H3,(H,22,24)(H2,21,23,26)/b9-5+. The maximum absolute atomic E-state index is 11.8. The highest BCUT2D eigenvalue weighted by Crippen LogP contribution is 2.23. The van der Waals surface area contributed by atoms with E-state index < -0.39 is 0 Å². The molecule has 2 aromatic rings. The van der Waals surface area contributed by atoms with Crippen molar-refractivity contribution in [2.75, 3.05) is 7.11 Å². The zero-order chi connectivity index (χ0) is 18.9. The van der Waals surface area contributed by atoms with Gasteiger partial charge in [-0.05, 0) is 53.7 Å². The first-order valence-corrected chi connectivity index (χ1v) is 8.74. The molecule has 0 aliphatic heterocycles. The van der Waals surface area contributed by atoms with E-state index in [-0.39, 0.29) is 5.91 Å². The van der Waals surface area contributed by atoms with E-state index in [1.807, 2.05) is 24.3 Å². The number of carbonyl (C=O) groups is 1. The van der Waals surface area contributed by atoms with Crippen LogP contribution in [0.4, 0.5) is 0 Å². The molecule has 1 amide bonds. The second kappa shape index (κ2) is 10.0. The molecular weight excluding hydrogens is 393 g/mol. The van der Waals surface area contributed by atoms with Crippen molar-refractivity contribution in [2.45, 2.75) is 6.54 Å². The van der Waals surface area contributed by atoms with Crippen molar-refractivity contribution in [1.82, 2.24) is 16.2 Å². The summed E-state index contributed by atoms with van der Waals surface area (Å²) in [7, 11) is 1.62. The zero-order valence-electron chi connectivity index (χ0n) is 13.9. The van der Waals surface area contributed by atoms with Gasteiger partial charge in [0, 0.05) is 12.6 Å². The summed E-state index contributed by atoms with van der Waals surface area (Å²) in [6, 6.07) is 12.7. The Bertz CT molecular complexity index is 811. The summed E-state index contributed by atoms with van der Waals surface area (Å²) in [5.74, 6) is 0.431. The number of nitrogens with one attached hydrogen (secondary N) is 3. The molecule has 26 heavy (non-hydrogen) atoms. The molecule has 0 bridgehead atoms. The molecule has 3 N–H and O–H groups in total. The summed E-state index contributed by atoms with van der Waals surface area (Å²) in [6.07, 6.45) is 2.98. The molecule has 0 atom stereocenters. The Labute approximate surface area is 167 Å². The molecule has 0 saturated heterocycles. The van der Waals surface area contributed by atoms with Crippen molar-refractivity contribution in [3.05, 3.63) is 69.7 Å². The van der Waals surface area contributed by atoms with Crippen LogP contribution < -0.4 is 20.9 Å². The van der Waals surface area contributed by atoms with Gasteiger partial charge in [0.05, 0.1) is 17.2 Å². The third kappa shape index (κ3) is 6.55. The minimum atomic E-state index is -0.357. The summed E-state index contributed by atoms with van der Waals surface area (Å²) < 4.78 is 5.10. The lowest BCUT2D eigenvalue weighted by Crippen LogP contribution is -2.45. The minimum absolute atomic E-state index is 0.303. The van der Waals surface area contributed by atoms with E-state index in [1.54, 1.807) is 31.4 Å². The van der Waals surface area contributed by atoms with Gasteiger partial charge in [-0.25, -0.2) is 0 Å². The Morgan fingerprint density at radius 3 is 2.50 bits per heavy atom. The molecule has 0 heterocycles. The zero-order valence-corrected chi connectivity index (χ0v) is 16.2. The lowest BCUT2D eigenvalue weighted by Gasteiger charge is -2.10. The van der Waals surface area contributed by atoms with Crippen molar-refractivity contribution in [2.24, 2.45) is 0 Å². The molecule has 0 aliphatic carbocycles. The average molecular weight is 410 g/mol. The van der Waals surface area contributed by atoms with Gasteiger partial charge in [-0.15, -0.1) is 0 Å². The molecule has 8 heteroatoms. The van der Waals surface area contributed by atoms with E-state index in [0.29, 0.717) is 21.7 Å². The monoisotopic (exact) mass is 409 g/mol. The van der Waals surface area contributed by atoms with Crippen LogP contribution >= 0.6 is 35.4 Å². The summed E-state index contributed by atoms with van der Waals surface area (Å²) in [5, 5.41) is 4.18. The Morgan fingerprint density at radius 2 is 1.85 bits per heavy atom. The molecule has 0 radical (unpaired) electrons. The van der Waals surface area contributed by atoms with Crippen molar-refractivity contribution in [3.8, 4) is 5.75 Å². The number of hydrazine groups is 1. The fraction of sp³-hybridized carbons (Fsp3) is 0.111. The van der Waals surface area contributed by atoms with E-state index in [4.69, 9.17) is 40.2 Å². The minimum Gasteiger partial charge on any atom is -0.497 e. The largest absolute Gasteiger partial charge is 0.497 e. The average Bonchev–Trinajstić information content (AvgIpc) is 2.66. The number of benzene rings is 2. The van der Waals surface area contributed by atoms with Crippen LogP contribution in [0.5, 0.6) is 5.75 Å². The second-order valence-corrected chi connectivity index (χ2v) is 6.37. The summed E-state index contributed by atoms with van der Waals surface area (Å²) in [4.78, 5) is 11.8. The second-order valence-electron chi connectivity index (χ2n) is 5.15. The smallest absolute Gasteiger partial charge is 0.262 e. The molecule has 0 unspecified atom stereocenters. The SMILES string of the molecule is COc1ccc(CNC(=S)NNC(=O)/C=C/c2ccc(Cl)c(Cl)c2)cc1. The number of methoxy groups -OCH3 is 1. The Hall–Kier alpha value is -2.28. The number of rotatable bonds is 5. The first-order valence-electron chi connectivity index (χ1n) is 7.58. The van der Waals surface area contributed by atoms with Gasteiger partial charge in [-0.3, -0.25) is 15.6 Å². The van der Waals surface area contributed by atoms with Gasteiger partial charge < -0.3 is 10.1 Å². The molecule has 0 fully saturated rings. The van der Waals surface area contributed by atoms with E-state index in [0.717, 1.165) is 16.9 Å². The van der Waals surface area contributed by atoms with Crippen LogP contribution in [0.3, 0.4) is 0 Å². The summed E-state index contributed by atoms with van der Waals surface area (Å²) in [5.41, 5.74) is 6.89. The van der Waals surface area contributed by atoms with Crippen LogP contribution in [0.1, 0.15) is 11.1 Å². The fourth-order valence-electron chi connectivity index (χ4n) is 1.92. The highest BCUT2D eigenvalue weighted by Gasteiger charge is 2.01. The molecule has 5 nitrogen and oxygen atoms in total. The fourth-order valence-corrected chi connectivity index (χ4v) is 2.35. The van der Waals surface area contributed by atoms with Crippen LogP contribution in [-0.4, -0.2) is 18.1 Å². The predicted molar refractivity (Wildman–Crippen MR) is 109 cm³/mol. The molecular formula is C18H17Cl2N3O2S. The maximum atomic E-state index is 11.8. The van der Waals surface area contributed by atoms with E-state index in [1.165, 1.54) is 6.08 Å². The normalized spacial score (nSPS) is 10.4. The summed E-state index contributed by atoms with van der Waals surface area (Å²) in [6.45, 7) is 0.519. The number of halogens is 2. The highest BCUT2D eigenvalue weighted by molar-refractivity contribution is 7.80. The third-order valence-electron chi connectivity index (χ3n) is 3.28. The van der Waals surface area contributed by atoms with E-state index in [9.17, 15) is 4.79 Å². The third-order valence-corrected chi connectivity index (χ3v) is 4.27. The van der Waals surface area contributed by atoms with Gasteiger partial charge in [-0.2, -0.15) is 0 Å². The topological polar surface area (TPSA) is 62.4 Å². The van der Waals surface area contributed by atoms with Gasteiger partial charge in [-0.1, -0.05) is 41.4 Å². The lowest BCUT2D eigenvalue weighted by atomic mass is 10.2. The molecule has 2 aromatic carbocycles. The first-order chi connectivity index (χ1) is 12.5. The van der Waals surface area contributed by atoms with Crippen LogP contribution in [0.2, 0.25) is 10.0 Å². The van der Waals surface area contributed by atoms with Crippen LogP contribution in [-0.2, 0) is 11.3 Å². The maximum Gasteiger partial charge on any atom is 0.262 e. The van der Waals surface area contributed by atoms with Crippen LogP contribution in [0.25, 0.3) is 6.08 Å². The number of ether oxygens (including phenoxy) is 1. The first kappa shape index (κ1) is 20.0. The van der Waals surface area contributed by atoms with Gasteiger partial charge in [0.15, 0.2) is 5.11 Å². The van der Waals surface area contributed by atoms with Crippen molar-refractivity contribution < 1.29 is 9.53 Å². The quantitative estimate of drug-likeness (QED) is 0.399. The van der Waals surface area contributed by atoms with Crippen molar-refractivity contribution in [3.63, 3.8) is 0 Å². The molecule has 136 valence electrons. The van der Waals surface area contributed by atoms with Crippen LogP contribution in [0, 0.1) is 0 Å². The Morgan fingerprint density at radius 1 is 1.12 bits per heavy atom. The van der Waals surface area contributed by atoms with Gasteiger partial charge in [0.25, 0.3) is 5.91 Å². The molecule has 0 spiro atoms. The van der Waals surface area contributed by atoms with Gasteiger partial charge in [0.1, 0.15) is 5.75 Å². The predicted octanol–water partition coefficient (Wildman–Crippen LogP) is 3.71. The van der Waals surface area contributed by atoms with E-state index >= 15 is 0 Å². The van der Waals surface area contributed by atoms with Crippen LogP contribution in [0.15, 0.2) is 48.5 Å². The Kier molecular flexibility index (Phi) is 7.72. The number of carbonyl (C=O) groups excluding carboxylic acids is 1. The van der Waals surface area contributed by atoms with Crippen molar-refractivity contribution >= 4 is 52.5 Å². The molecule has 0 aromatic heterocycles. The van der Waals surface area contributed by atoms with Crippen molar-refractivity contribution in [1.29, 1.82) is 0 Å².